The lowest BCUT2D eigenvalue weighted by Crippen LogP contribution is -2.42. The molecule has 2 aliphatic carbocycles. The molecule has 0 saturated heterocycles. The van der Waals surface area contributed by atoms with Gasteiger partial charge in [0.25, 0.3) is 12.9 Å². The average Bonchev–Trinajstić information content (AvgIpc) is 2.75. The summed E-state index contributed by atoms with van der Waals surface area (Å²) in [4.78, 5) is 46.2. The van der Waals surface area contributed by atoms with Gasteiger partial charge in [0.05, 0.1) is 11.8 Å². The van der Waals surface area contributed by atoms with Gasteiger partial charge in [0, 0.05) is 0 Å². The molecular weight excluding hydrogens is 368 g/mol. The number of hydrogen-bond acceptors (Lipinski definition) is 8. The van der Waals surface area contributed by atoms with Crippen molar-refractivity contribution in [1.82, 2.24) is 0 Å². The van der Waals surface area contributed by atoms with E-state index in [9.17, 15) is 19.2 Å². The second-order valence-electron chi connectivity index (χ2n) is 7.48. The van der Waals surface area contributed by atoms with E-state index in [1.54, 1.807) is 0 Å². The largest absolute Gasteiger partial charge is 0.464 e. The first-order valence-electron chi connectivity index (χ1n) is 10.2. The van der Waals surface area contributed by atoms with Gasteiger partial charge in [0.1, 0.15) is 13.2 Å². The van der Waals surface area contributed by atoms with Crippen molar-refractivity contribution in [2.75, 3.05) is 13.2 Å². The molecule has 2 atom stereocenters. The quantitative estimate of drug-likeness (QED) is 0.297. The van der Waals surface area contributed by atoms with Crippen LogP contribution in [-0.2, 0) is 38.1 Å². The van der Waals surface area contributed by atoms with E-state index in [0.29, 0.717) is 0 Å². The van der Waals surface area contributed by atoms with Gasteiger partial charge in [-0.3, -0.25) is 19.2 Å². The van der Waals surface area contributed by atoms with Gasteiger partial charge in [-0.25, -0.2) is 0 Å². The molecule has 0 amide bonds. The Morgan fingerprint density at radius 2 is 1.32 bits per heavy atom. The fraction of sp³-hybridized carbons (Fsp3) is 0.800. The second-order valence-corrected chi connectivity index (χ2v) is 7.48. The topological polar surface area (TPSA) is 105 Å². The molecule has 158 valence electrons. The van der Waals surface area contributed by atoms with Gasteiger partial charge in [-0.1, -0.05) is 38.5 Å². The molecule has 0 N–H and O–H groups in total. The highest BCUT2D eigenvalue weighted by molar-refractivity contribution is 5.73. The van der Waals surface area contributed by atoms with E-state index < -0.39 is 18.2 Å². The Kier molecular flexibility index (Phi) is 9.79. The van der Waals surface area contributed by atoms with E-state index in [-0.39, 0.29) is 44.0 Å². The van der Waals surface area contributed by atoms with Crippen LogP contribution >= 0.6 is 0 Å². The fourth-order valence-corrected chi connectivity index (χ4v) is 3.86. The summed E-state index contributed by atoms with van der Waals surface area (Å²) in [6.07, 6.45) is 7.12. The lowest BCUT2D eigenvalue weighted by Gasteiger charge is -2.28. The molecule has 2 fully saturated rings. The van der Waals surface area contributed by atoms with Crippen molar-refractivity contribution in [3.63, 3.8) is 0 Å². The lowest BCUT2D eigenvalue weighted by atomic mass is 9.89. The number of carbonyl (C=O) groups is 4. The standard InChI is InChI=1S/C20H30O8/c21-13-25-11-17(27-14-22)18(28-20(24)16-9-5-2-6-10-16)12-26-19(23)15-7-3-1-4-8-15/h13-18H,1-12H2. The second kappa shape index (κ2) is 12.4. The van der Waals surface area contributed by atoms with Gasteiger partial charge in [0.2, 0.25) is 0 Å². The highest BCUT2D eigenvalue weighted by atomic mass is 16.6. The van der Waals surface area contributed by atoms with Gasteiger partial charge in [-0.15, -0.1) is 0 Å². The maximum atomic E-state index is 12.5. The van der Waals surface area contributed by atoms with Crippen molar-refractivity contribution in [3.05, 3.63) is 0 Å². The Morgan fingerprint density at radius 1 is 0.750 bits per heavy atom. The zero-order valence-corrected chi connectivity index (χ0v) is 16.2. The summed E-state index contributed by atoms with van der Waals surface area (Å²) < 4.78 is 20.5. The third-order valence-corrected chi connectivity index (χ3v) is 5.51. The van der Waals surface area contributed by atoms with Gasteiger partial charge >= 0.3 is 11.9 Å². The van der Waals surface area contributed by atoms with Gasteiger partial charge in [-0.05, 0) is 25.7 Å². The van der Waals surface area contributed by atoms with Crippen molar-refractivity contribution in [3.8, 4) is 0 Å². The van der Waals surface area contributed by atoms with E-state index in [1.807, 2.05) is 0 Å². The van der Waals surface area contributed by atoms with E-state index in [2.05, 4.69) is 4.74 Å². The number of carbonyl (C=O) groups excluding carboxylic acids is 4. The van der Waals surface area contributed by atoms with Crippen molar-refractivity contribution < 1.29 is 38.1 Å². The smallest absolute Gasteiger partial charge is 0.309 e. The lowest BCUT2D eigenvalue weighted by molar-refractivity contribution is -0.180. The molecule has 0 aromatic heterocycles. The summed E-state index contributed by atoms with van der Waals surface area (Å²) in [6, 6.07) is 0. The maximum absolute atomic E-state index is 12.5. The summed E-state index contributed by atoms with van der Waals surface area (Å²) >= 11 is 0. The highest BCUT2D eigenvalue weighted by Gasteiger charge is 2.33. The SMILES string of the molecule is O=COCC(OC=O)C(COC(=O)C1CCCCC1)OC(=O)C1CCCCC1. The summed E-state index contributed by atoms with van der Waals surface area (Å²) in [5.41, 5.74) is 0. The predicted octanol–water partition coefficient (Wildman–Crippen LogP) is 2.32. The van der Waals surface area contributed by atoms with E-state index in [0.717, 1.165) is 64.2 Å². The molecule has 2 aliphatic rings. The molecule has 0 aromatic rings. The van der Waals surface area contributed by atoms with Crippen LogP contribution in [0.2, 0.25) is 0 Å². The molecule has 28 heavy (non-hydrogen) atoms. The maximum Gasteiger partial charge on any atom is 0.309 e. The minimum atomic E-state index is -1.03. The normalized spacial score (nSPS) is 20.4. The molecule has 0 aliphatic heterocycles. The van der Waals surface area contributed by atoms with Crippen molar-refractivity contribution in [2.24, 2.45) is 11.8 Å². The minimum Gasteiger partial charge on any atom is -0.464 e. The molecule has 8 nitrogen and oxygen atoms in total. The molecule has 0 heterocycles. The Morgan fingerprint density at radius 3 is 1.86 bits per heavy atom. The van der Waals surface area contributed by atoms with E-state index >= 15 is 0 Å². The Bertz CT molecular complexity index is 508. The average molecular weight is 398 g/mol. The Balaban J connectivity index is 1.98. The molecule has 0 aromatic carbocycles. The van der Waals surface area contributed by atoms with E-state index in [1.165, 1.54) is 0 Å². The van der Waals surface area contributed by atoms with Crippen LogP contribution < -0.4 is 0 Å². The molecule has 2 saturated carbocycles. The van der Waals surface area contributed by atoms with Crippen LogP contribution in [0.5, 0.6) is 0 Å². The molecule has 0 bridgehead atoms. The van der Waals surface area contributed by atoms with Crippen LogP contribution in [0.4, 0.5) is 0 Å². The first kappa shape index (κ1) is 22.2. The fourth-order valence-electron chi connectivity index (χ4n) is 3.86. The molecule has 0 radical (unpaired) electrons. The number of hydrogen-bond donors (Lipinski definition) is 0. The minimum absolute atomic E-state index is 0.153. The van der Waals surface area contributed by atoms with Crippen LogP contribution in [-0.4, -0.2) is 50.3 Å². The third-order valence-electron chi connectivity index (χ3n) is 5.51. The molecule has 2 unspecified atom stereocenters. The first-order chi connectivity index (χ1) is 13.7. The highest BCUT2D eigenvalue weighted by Crippen LogP contribution is 2.27. The van der Waals surface area contributed by atoms with Crippen LogP contribution in [0.1, 0.15) is 64.2 Å². The first-order valence-corrected chi connectivity index (χ1v) is 10.2. The molecular formula is C20H30O8. The zero-order valence-electron chi connectivity index (χ0n) is 16.2. The predicted molar refractivity (Wildman–Crippen MR) is 96.9 cm³/mol. The summed E-state index contributed by atoms with van der Waals surface area (Å²) in [7, 11) is 0. The van der Waals surface area contributed by atoms with Crippen LogP contribution in [0.15, 0.2) is 0 Å². The Labute approximate surface area is 165 Å². The van der Waals surface area contributed by atoms with Crippen molar-refractivity contribution in [2.45, 2.75) is 76.4 Å². The van der Waals surface area contributed by atoms with Gasteiger partial charge < -0.3 is 18.9 Å². The van der Waals surface area contributed by atoms with Gasteiger partial charge in [0.15, 0.2) is 12.2 Å². The van der Waals surface area contributed by atoms with Crippen LogP contribution in [0, 0.1) is 11.8 Å². The van der Waals surface area contributed by atoms with Crippen molar-refractivity contribution in [1.29, 1.82) is 0 Å². The number of rotatable bonds is 11. The summed E-state index contributed by atoms with van der Waals surface area (Å²) in [5, 5.41) is 0. The zero-order chi connectivity index (χ0) is 20.2. The monoisotopic (exact) mass is 398 g/mol. The van der Waals surface area contributed by atoms with Crippen LogP contribution in [0.3, 0.4) is 0 Å². The number of ether oxygens (including phenoxy) is 4. The summed E-state index contributed by atoms with van der Waals surface area (Å²) in [6.45, 7) is -0.112. The molecule has 2 rings (SSSR count). The van der Waals surface area contributed by atoms with Gasteiger partial charge in [-0.2, -0.15) is 0 Å². The summed E-state index contributed by atoms with van der Waals surface area (Å²) in [5.74, 6) is -1.10. The Hall–Kier alpha value is -2.12. The van der Waals surface area contributed by atoms with Crippen LogP contribution in [0.25, 0.3) is 0 Å². The third kappa shape index (κ3) is 7.13. The molecule has 0 spiro atoms. The number of esters is 2. The van der Waals surface area contributed by atoms with E-state index in [4.69, 9.17) is 14.2 Å². The molecule has 8 heteroatoms. The van der Waals surface area contributed by atoms with Crippen molar-refractivity contribution >= 4 is 24.9 Å².